The number of hydrogen-bond donors (Lipinski definition) is 0. The first-order valence-electron chi connectivity index (χ1n) is 6.67. The third-order valence-electron chi connectivity index (χ3n) is 3.25. The van der Waals surface area contributed by atoms with Gasteiger partial charge in [0.1, 0.15) is 17.1 Å². The van der Waals surface area contributed by atoms with Crippen molar-refractivity contribution in [1.29, 1.82) is 0 Å². The number of pyridine rings is 1. The molecule has 0 N–H and O–H groups in total. The summed E-state index contributed by atoms with van der Waals surface area (Å²) in [6, 6.07) is 7.18. The van der Waals surface area contributed by atoms with Gasteiger partial charge in [-0.25, -0.2) is 9.31 Å². The van der Waals surface area contributed by atoms with Crippen molar-refractivity contribution in [3.05, 3.63) is 63.4 Å². The Kier molecular flexibility index (Phi) is 4.05. The Morgan fingerprint density at radius 1 is 1.33 bits per heavy atom. The van der Waals surface area contributed by atoms with Gasteiger partial charge >= 0.3 is 5.97 Å². The summed E-state index contributed by atoms with van der Waals surface area (Å²) in [7, 11) is 1.29. The quantitative estimate of drug-likeness (QED) is 0.407. The average Bonchev–Trinajstić information content (AvgIpc) is 2.99. The standard InChI is InChI=1S/C15H10ClN3O5/c1-23-15(20)11-7-17-18-8-10(3-4-13(11)18)24-14-5-2-9(19(21)22)6-12(14)16/h2-8H,1H3. The number of aromatic nitrogens is 2. The summed E-state index contributed by atoms with van der Waals surface area (Å²) in [5.41, 5.74) is 0.763. The van der Waals surface area contributed by atoms with Crippen molar-refractivity contribution < 1.29 is 19.2 Å². The minimum absolute atomic E-state index is 0.111. The Labute approximate surface area is 140 Å². The summed E-state index contributed by atoms with van der Waals surface area (Å²) in [6.45, 7) is 0. The summed E-state index contributed by atoms with van der Waals surface area (Å²) in [5, 5.41) is 14.9. The molecule has 8 nitrogen and oxygen atoms in total. The highest BCUT2D eigenvalue weighted by atomic mass is 35.5. The number of carbonyl (C=O) groups excluding carboxylic acids is 1. The molecule has 1 aromatic carbocycles. The van der Waals surface area contributed by atoms with Gasteiger partial charge in [0.25, 0.3) is 5.69 Å². The van der Waals surface area contributed by atoms with E-state index in [2.05, 4.69) is 9.84 Å². The Hall–Kier alpha value is -3.13. The lowest BCUT2D eigenvalue weighted by Gasteiger charge is -2.08. The van der Waals surface area contributed by atoms with Crippen molar-refractivity contribution in [2.45, 2.75) is 0 Å². The van der Waals surface area contributed by atoms with Crippen LogP contribution in [0.4, 0.5) is 5.69 Å². The smallest absolute Gasteiger partial charge is 0.341 e. The van der Waals surface area contributed by atoms with E-state index in [0.29, 0.717) is 16.8 Å². The third-order valence-corrected chi connectivity index (χ3v) is 3.54. The second kappa shape index (κ2) is 6.17. The first-order chi connectivity index (χ1) is 11.5. The number of benzene rings is 1. The summed E-state index contributed by atoms with van der Waals surface area (Å²) in [6.07, 6.45) is 2.95. The number of esters is 1. The number of nitro benzene ring substituents is 1. The second-order valence-corrected chi connectivity index (χ2v) is 5.13. The van der Waals surface area contributed by atoms with Gasteiger partial charge in [-0.2, -0.15) is 5.10 Å². The van der Waals surface area contributed by atoms with Crippen molar-refractivity contribution in [2.75, 3.05) is 7.11 Å². The van der Waals surface area contributed by atoms with Crippen LogP contribution in [0.3, 0.4) is 0 Å². The van der Waals surface area contributed by atoms with E-state index < -0.39 is 10.9 Å². The van der Waals surface area contributed by atoms with Crippen LogP contribution in [0.5, 0.6) is 11.5 Å². The van der Waals surface area contributed by atoms with E-state index in [1.165, 1.54) is 36.0 Å². The number of ether oxygens (including phenoxy) is 2. The normalized spacial score (nSPS) is 10.6. The molecule has 3 rings (SSSR count). The number of nitrogens with zero attached hydrogens (tertiary/aromatic N) is 3. The molecule has 9 heteroatoms. The zero-order chi connectivity index (χ0) is 17.3. The van der Waals surface area contributed by atoms with Gasteiger partial charge in [0.15, 0.2) is 0 Å². The number of non-ortho nitro benzene ring substituents is 1. The Balaban J connectivity index is 1.91. The molecule has 0 aliphatic rings. The summed E-state index contributed by atoms with van der Waals surface area (Å²) < 4.78 is 11.8. The molecule has 0 bridgehead atoms. The Morgan fingerprint density at radius 3 is 2.79 bits per heavy atom. The monoisotopic (exact) mass is 347 g/mol. The number of halogens is 1. The maximum Gasteiger partial charge on any atom is 0.341 e. The molecule has 0 unspecified atom stereocenters. The molecule has 0 saturated heterocycles. The first kappa shape index (κ1) is 15.8. The maximum atomic E-state index is 11.6. The van der Waals surface area contributed by atoms with Crippen LogP contribution in [0.1, 0.15) is 10.4 Å². The van der Waals surface area contributed by atoms with Gasteiger partial charge in [0.05, 0.1) is 35.0 Å². The molecule has 0 spiro atoms. The number of rotatable bonds is 4. The Morgan fingerprint density at radius 2 is 2.12 bits per heavy atom. The summed E-state index contributed by atoms with van der Waals surface area (Å²) in [4.78, 5) is 21.8. The molecule has 0 amide bonds. The zero-order valence-electron chi connectivity index (χ0n) is 12.3. The van der Waals surface area contributed by atoms with E-state index in [0.717, 1.165) is 0 Å². The Bertz CT molecular complexity index is 953. The predicted molar refractivity (Wildman–Crippen MR) is 84.7 cm³/mol. The third kappa shape index (κ3) is 2.86. The molecule has 0 saturated carbocycles. The van der Waals surface area contributed by atoms with E-state index in [9.17, 15) is 14.9 Å². The number of hydrogen-bond acceptors (Lipinski definition) is 6. The van der Waals surface area contributed by atoms with Gasteiger partial charge in [-0.15, -0.1) is 0 Å². The highest BCUT2D eigenvalue weighted by Gasteiger charge is 2.14. The van der Waals surface area contributed by atoms with E-state index in [1.54, 1.807) is 18.3 Å². The van der Waals surface area contributed by atoms with Gasteiger partial charge in [-0.3, -0.25) is 10.1 Å². The highest BCUT2D eigenvalue weighted by Crippen LogP contribution is 2.32. The van der Waals surface area contributed by atoms with Crippen LogP contribution in [0.25, 0.3) is 5.52 Å². The van der Waals surface area contributed by atoms with Crippen molar-refractivity contribution in [3.63, 3.8) is 0 Å². The fraction of sp³-hybridized carbons (Fsp3) is 0.0667. The minimum atomic E-state index is -0.542. The highest BCUT2D eigenvalue weighted by molar-refractivity contribution is 6.32. The van der Waals surface area contributed by atoms with Gasteiger partial charge in [-0.1, -0.05) is 11.6 Å². The largest absolute Gasteiger partial charge is 0.465 e. The van der Waals surface area contributed by atoms with E-state index in [-0.39, 0.29) is 16.5 Å². The number of fused-ring (bicyclic) bond motifs is 1. The van der Waals surface area contributed by atoms with Gasteiger partial charge in [0.2, 0.25) is 0 Å². The van der Waals surface area contributed by atoms with Crippen molar-refractivity contribution in [2.24, 2.45) is 0 Å². The van der Waals surface area contributed by atoms with Crippen molar-refractivity contribution in [1.82, 2.24) is 9.61 Å². The van der Waals surface area contributed by atoms with E-state index >= 15 is 0 Å². The average molecular weight is 348 g/mol. The lowest BCUT2D eigenvalue weighted by Crippen LogP contribution is -2.00. The van der Waals surface area contributed by atoms with Crippen LogP contribution in [0.15, 0.2) is 42.7 Å². The maximum absolute atomic E-state index is 11.6. The lowest BCUT2D eigenvalue weighted by atomic mass is 10.2. The molecule has 0 atom stereocenters. The zero-order valence-corrected chi connectivity index (χ0v) is 13.1. The van der Waals surface area contributed by atoms with E-state index in [4.69, 9.17) is 16.3 Å². The molecule has 0 aliphatic heterocycles. The fourth-order valence-corrected chi connectivity index (χ4v) is 2.32. The van der Waals surface area contributed by atoms with Crippen LogP contribution >= 0.6 is 11.6 Å². The van der Waals surface area contributed by atoms with Crippen LogP contribution < -0.4 is 4.74 Å². The van der Waals surface area contributed by atoms with Gasteiger partial charge in [-0.05, 0) is 18.2 Å². The molecule has 2 heterocycles. The molecule has 24 heavy (non-hydrogen) atoms. The molecular formula is C15H10ClN3O5. The SMILES string of the molecule is COC(=O)c1cnn2cc(Oc3ccc([N+](=O)[O-])cc3Cl)ccc12. The molecule has 3 aromatic rings. The summed E-state index contributed by atoms with van der Waals surface area (Å²) >= 11 is 5.99. The predicted octanol–water partition coefficient (Wildman–Crippen LogP) is 3.47. The molecule has 122 valence electrons. The van der Waals surface area contributed by atoms with Crippen molar-refractivity contribution in [3.8, 4) is 11.5 Å². The van der Waals surface area contributed by atoms with E-state index in [1.807, 2.05) is 0 Å². The topological polar surface area (TPSA) is 96.0 Å². The first-order valence-corrected chi connectivity index (χ1v) is 7.05. The summed E-state index contributed by atoms with van der Waals surface area (Å²) in [5.74, 6) is 0.178. The van der Waals surface area contributed by atoms with Crippen LogP contribution in [-0.2, 0) is 4.74 Å². The number of carbonyl (C=O) groups is 1. The lowest BCUT2D eigenvalue weighted by molar-refractivity contribution is -0.384. The van der Waals surface area contributed by atoms with Crippen LogP contribution in [-0.4, -0.2) is 27.6 Å². The molecular weight excluding hydrogens is 338 g/mol. The number of nitro groups is 1. The second-order valence-electron chi connectivity index (χ2n) is 4.72. The van der Waals surface area contributed by atoms with Crippen molar-refractivity contribution >= 4 is 28.8 Å². The molecule has 2 aromatic heterocycles. The fourth-order valence-electron chi connectivity index (χ4n) is 2.11. The van der Waals surface area contributed by atoms with Gasteiger partial charge < -0.3 is 9.47 Å². The van der Waals surface area contributed by atoms with Gasteiger partial charge in [0, 0.05) is 12.1 Å². The molecule has 0 radical (unpaired) electrons. The minimum Gasteiger partial charge on any atom is -0.465 e. The number of methoxy groups -OCH3 is 1. The van der Waals surface area contributed by atoms with Crippen LogP contribution in [0, 0.1) is 10.1 Å². The molecule has 0 aliphatic carbocycles. The van der Waals surface area contributed by atoms with Crippen LogP contribution in [0.2, 0.25) is 5.02 Å². The molecule has 0 fully saturated rings.